The maximum Gasteiger partial charge on any atom is 0.324 e. The summed E-state index contributed by atoms with van der Waals surface area (Å²) in [5.74, 6) is -1.34. The van der Waals surface area contributed by atoms with E-state index in [1.54, 1.807) is 0 Å². The molecule has 6 heteroatoms. The molecule has 3 rings (SSSR count). The van der Waals surface area contributed by atoms with Gasteiger partial charge in [0, 0.05) is 17.9 Å². The minimum atomic E-state index is -0.952. The van der Waals surface area contributed by atoms with Crippen molar-refractivity contribution in [3.8, 4) is 0 Å². The van der Waals surface area contributed by atoms with Gasteiger partial charge < -0.3 is 15.2 Å². The predicted molar refractivity (Wildman–Crippen MR) is 95.3 cm³/mol. The molecule has 1 unspecified atom stereocenters. The van der Waals surface area contributed by atoms with E-state index in [9.17, 15) is 14.7 Å². The lowest BCUT2D eigenvalue weighted by Crippen LogP contribution is -2.39. The molecule has 0 aliphatic carbocycles. The third kappa shape index (κ3) is 4.21. The van der Waals surface area contributed by atoms with Crippen LogP contribution in [0.1, 0.15) is 12.0 Å². The van der Waals surface area contributed by atoms with Crippen LogP contribution in [0.25, 0.3) is 0 Å². The number of ether oxygens (including phenoxy) is 1. The Balaban J connectivity index is 1.76. The van der Waals surface area contributed by atoms with Crippen LogP contribution in [0, 0.1) is 0 Å². The molecule has 1 aliphatic heterocycles. The lowest BCUT2D eigenvalue weighted by Gasteiger charge is -2.25. The summed E-state index contributed by atoms with van der Waals surface area (Å²) in [6.07, 6.45) is 0.190. The fourth-order valence-electron chi connectivity index (χ4n) is 2.78. The van der Waals surface area contributed by atoms with E-state index in [2.05, 4.69) is 5.32 Å². The third-order valence-corrected chi connectivity index (χ3v) is 5.48. The molecule has 0 radical (unpaired) electrons. The number of carbonyl (C=O) groups excluding carboxylic acids is 1. The van der Waals surface area contributed by atoms with Crippen LogP contribution in [0.2, 0.25) is 0 Å². The fraction of sp³-hybridized carbons (Fsp3) is 0.263. The number of rotatable bonds is 6. The Morgan fingerprint density at radius 3 is 2.36 bits per heavy atom. The second kappa shape index (κ2) is 7.72. The van der Waals surface area contributed by atoms with Gasteiger partial charge in [0.1, 0.15) is 17.4 Å². The Bertz CT molecular complexity index is 738. The van der Waals surface area contributed by atoms with Crippen molar-refractivity contribution in [3.05, 3.63) is 66.2 Å². The van der Waals surface area contributed by atoms with Crippen molar-refractivity contribution in [2.24, 2.45) is 0 Å². The minimum absolute atomic E-state index is 0.175. The number of aliphatic carboxylic acids is 1. The first-order valence-electron chi connectivity index (χ1n) is 8.00. The molecule has 2 aromatic carbocycles. The van der Waals surface area contributed by atoms with Crippen molar-refractivity contribution in [2.75, 3.05) is 6.54 Å². The highest BCUT2D eigenvalue weighted by atomic mass is 32.2. The smallest absolute Gasteiger partial charge is 0.324 e. The van der Waals surface area contributed by atoms with E-state index in [1.807, 2.05) is 60.7 Å². The average Bonchev–Trinajstić information content (AvgIpc) is 3.07. The molecule has 1 heterocycles. The molecule has 0 spiro atoms. The monoisotopic (exact) mass is 357 g/mol. The van der Waals surface area contributed by atoms with Crippen LogP contribution < -0.4 is 5.32 Å². The van der Waals surface area contributed by atoms with E-state index in [1.165, 1.54) is 11.8 Å². The summed E-state index contributed by atoms with van der Waals surface area (Å²) in [4.78, 5) is 25.1. The van der Waals surface area contributed by atoms with Gasteiger partial charge in [0.25, 0.3) is 0 Å². The van der Waals surface area contributed by atoms with Crippen molar-refractivity contribution in [1.29, 1.82) is 0 Å². The van der Waals surface area contributed by atoms with Crippen molar-refractivity contribution >= 4 is 23.7 Å². The van der Waals surface area contributed by atoms with Crippen LogP contribution in [0.5, 0.6) is 0 Å². The summed E-state index contributed by atoms with van der Waals surface area (Å²) in [6.45, 7) is 0.436. The summed E-state index contributed by atoms with van der Waals surface area (Å²) in [5, 5.41) is 12.2. The number of benzene rings is 2. The van der Waals surface area contributed by atoms with Crippen LogP contribution in [0.4, 0.5) is 0 Å². The number of hydrogen-bond donors (Lipinski definition) is 2. The maximum atomic E-state index is 12.8. The maximum absolute atomic E-state index is 12.8. The number of carbonyl (C=O) groups is 2. The van der Waals surface area contributed by atoms with E-state index in [-0.39, 0.29) is 25.5 Å². The average molecular weight is 357 g/mol. The molecule has 1 fully saturated rings. The Hall–Kier alpha value is -2.31. The van der Waals surface area contributed by atoms with Gasteiger partial charge in [-0.1, -0.05) is 48.5 Å². The molecule has 25 heavy (non-hydrogen) atoms. The zero-order valence-electron chi connectivity index (χ0n) is 13.6. The highest BCUT2D eigenvalue weighted by Crippen LogP contribution is 2.40. The molecular weight excluding hydrogens is 338 g/mol. The second-order valence-corrected chi connectivity index (χ2v) is 7.40. The standard InChI is InChI=1S/C19H19NO4S/c21-17(22)16-11-19(13-20-16,25-15-9-5-2-6-10-15)18(23)24-12-14-7-3-1-4-8-14/h1-10,16,20H,11-13H2,(H,21,22)/t16-,19?/m0/s1. The minimum Gasteiger partial charge on any atom is -0.480 e. The molecule has 1 saturated heterocycles. The van der Waals surface area contributed by atoms with Gasteiger partial charge in [-0.3, -0.25) is 9.59 Å². The predicted octanol–water partition coefficient (Wildman–Crippen LogP) is 2.71. The largest absolute Gasteiger partial charge is 0.480 e. The molecule has 2 aromatic rings. The lowest BCUT2D eigenvalue weighted by molar-refractivity contribution is -0.147. The topological polar surface area (TPSA) is 75.6 Å². The highest BCUT2D eigenvalue weighted by Gasteiger charge is 2.49. The SMILES string of the molecule is O=C(O)[C@@H]1CC(Sc2ccccc2)(C(=O)OCc2ccccc2)CN1. The van der Waals surface area contributed by atoms with Gasteiger partial charge in [0.15, 0.2) is 0 Å². The van der Waals surface area contributed by atoms with E-state index >= 15 is 0 Å². The van der Waals surface area contributed by atoms with Crippen LogP contribution in [0.15, 0.2) is 65.6 Å². The first-order chi connectivity index (χ1) is 12.1. The van der Waals surface area contributed by atoms with Gasteiger partial charge in [-0.2, -0.15) is 0 Å². The van der Waals surface area contributed by atoms with Crippen LogP contribution in [-0.2, 0) is 20.9 Å². The molecule has 5 nitrogen and oxygen atoms in total. The molecule has 0 saturated carbocycles. The van der Waals surface area contributed by atoms with Gasteiger partial charge in [-0.15, -0.1) is 11.8 Å². The molecule has 2 N–H and O–H groups in total. The zero-order chi connectivity index (χ0) is 17.7. The van der Waals surface area contributed by atoms with Crippen molar-refractivity contribution < 1.29 is 19.4 Å². The first kappa shape index (κ1) is 17.5. The number of nitrogens with one attached hydrogen (secondary N) is 1. The number of hydrogen-bond acceptors (Lipinski definition) is 5. The van der Waals surface area contributed by atoms with Crippen molar-refractivity contribution in [1.82, 2.24) is 5.32 Å². The van der Waals surface area contributed by atoms with E-state index in [0.717, 1.165) is 10.5 Å². The van der Waals surface area contributed by atoms with Crippen LogP contribution in [0.3, 0.4) is 0 Å². The molecule has 0 amide bonds. The molecule has 1 aliphatic rings. The van der Waals surface area contributed by atoms with Crippen LogP contribution in [-0.4, -0.2) is 34.4 Å². The number of carboxylic acid groups (broad SMARTS) is 1. The van der Waals surface area contributed by atoms with Crippen molar-refractivity contribution in [2.45, 2.75) is 28.7 Å². The Morgan fingerprint density at radius 1 is 1.12 bits per heavy atom. The van der Waals surface area contributed by atoms with Crippen LogP contribution >= 0.6 is 11.8 Å². The first-order valence-corrected chi connectivity index (χ1v) is 8.82. The zero-order valence-corrected chi connectivity index (χ0v) is 14.4. The molecule has 130 valence electrons. The number of thioether (sulfide) groups is 1. The highest BCUT2D eigenvalue weighted by molar-refractivity contribution is 8.01. The van der Waals surface area contributed by atoms with Gasteiger partial charge in [-0.05, 0) is 17.7 Å². The van der Waals surface area contributed by atoms with Gasteiger partial charge in [0.2, 0.25) is 0 Å². The molecule has 2 atom stereocenters. The Kier molecular flexibility index (Phi) is 5.40. The second-order valence-electron chi connectivity index (χ2n) is 5.95. The fourth-order valence-corrected chi connectivity index (χ4v) is 4.07. The van der Waals surface area contributed by atoms with E-state index in [0.29, 0.717) is 0 Å². The van der Waals surface area contributed by atoms with Gasteiger partial charge in [-0.25, -0.2) is 0 Å². The summed E-state index contributed by atoms with van der Waals surface area (Å²) in [7, 11) is 0. The van der Waals surface area contributed by atoms with E-state index < -0.39 is 16.8 Å². The third-order valence-electron chi connectivity index (χ3n) is 4.11. The normalized spacial score (nSPS) is 22.5. The Labute approximate surface area is 150 Å². The van der Waals surface area contributed by atoms with Crippen molar-refractivity contribution in [3.63, 3.8) is 0 Å². The summed E-state index contributed by atoms with van der Waals surface area (Å²) in [5.41, 5.74) is 0.899. The number of carboxylic acids is 1. The molecular formula is C19H19NO4S. The quantitative estimate of drug-likeness (QED) is 0.774. The van der Waals surface area contributed by atoms with E-state index in [4.69, 9.17) is 4.74 Å². The molecule has 0 bridgehead atoms. The van der Waals surface area contributed by atoms with Gasteiger partial charge >= 0.3 is 11.9 Å². The summed E-state index contributed by atoms with van der Waals surface area (Å²) >= 11 is 1.36. The number of esters is 1. The lowest BCUT2D eigenvalue weighted by atomic mass is 10.0. The molecule has 0 aromatic heterocycles. The summed E-state index contributed by atoms with van der Waals surface area (Å²) in [6, 6.07) is 18.2. The Morgan fingerprint density at radius 2 is 1.76 bits per heavy atom. The van der Waals surface area contributed by atoms with Gasteiger partial charge in [0.05, 0.1) is 0 Å². The summed E-state index contributed by atoms with van der Waals surface area (Å²) < 4.78 is 4.58.